The number of nitrogens with zero attached hydrogens (tertiary/aromatic N) is 1. The van der Waals surface area contributed by atoms with Gasteiger partial charge in [-0.1, -0.05) is 36.9 Å². The number of hydrogen-bond acceptors (Lipinski definition) is 4. The van der Waals surface area contributed by atoms with Crippen LogP contribution in [0.1, 0.15) is 15.9 Å². The average molecular weight is 299 g/mol. The summed E-state index contributed by atoms with van der Waals surface area (Å²) >= 11 is 0. The Labute approximate surface area is 126 Å². The van der Waals surface area contributed by atoms with E-state index in [1.165, 1.54) is 24.3 Å². The second-order valence-electron chi connectivity index (χ2n) is 4.04. The molecule has 0 radical (unpaired) electrons. The predicted molar refractivity (Wildman–Crippen MR) is 80.8 cm³/mol. The van der Waals surface area contributed by atoms with Crippen molar-refractivity contribution in [2.75, 3.05) is 0 Å². The average Bonchev–Trinajstić information content (AvgIpc) is 2.55. The standard InChI is InChI=1S/C13H9NO3.C3H4O2/c15-13(10-4-2-1-3-5-10)11-6-8-12(9-7-11)14(16)17;1-2-3(4)5/h1-9H;2H,1H2,(H,4,5). The van der Waals surface area contributed by atoms with Gasteiger partial charge in [0.15, 0.2) is 5.78 Å². The largest absolute Gasteiger partial charge is 0.478 e. The fourth-order valence-corrected chi connectivity index (χ4v) is 1.49. The van der Waals surface area contributed by atoms with E-state index < -0.39 is 10.9 Å². The maximum atomic E-state index is 12.0. The van der Waals surface area contributed by atoms with Crippen LogP contribution in [0, 0.1) is 10.1 Å². The molecule has 0 unspecified atom stereocenters. The first-order valence-corrected chi connectivity index (χ1v) is 6.15. The Kier molecular flexibility index (Phi) is 6.18. The molecule has 0 fully saturated rings. The molecule has 1 N–H and O–H groups in total. The summed E-state index contributed by atoms with van der Waals surface area (Å²) in [5.41, 5.74) is 0.998. The number of benzene rings is 2. The highest BCUT2D eigenvalue weighted by molar-refractivity contribution is 6.09. The van der Waals surface area contributed by atoms with Gasteiger partial charge in [0, 0.05) is 29.3 Å². The third-order valence-corrected chi connectivity index (χ3v) is 2.55. The second-order valence-corrected chi connectivity index (χ2v) is 4.04. The van der Waals surface area contributed by atoms with Gasteiger partial charge in [0.05, 0.1) is 4.92 Å². The molecule has 0 atom stereocenters. The SMILES string of the molecule is C=CC(=O)O.O=C(c1ccccc1)c1ccc([N+](=O)[O-])cc1. The molecular formula is C16H13NO5. The Morgan fingerprint density at radius 2 is 1.45 bits per heavy atom. The van der Waals surface area contributed by atoms with Crippen LogP contribution in [0.3, 0.4) is 0 Å². The van der Waals surface area contributed by atoms with Crippen molar-refractivity contribution >= 4 is 17.4 Å². The Morgan fingerprint density at radius 3 is 1.86 bits per heavy atom. The quantitative estimate of drug-likeness (QED) is 0.405. The van der Waals surface area contributed by atoms with Crippen LogP contribution in [0.4, 0.5) is 5.69 Å². The minimum atomic E-state index is -0.981. The summed E-state index contributed by atoms with van der Waals surface area (Å²) in [7, 11) is 0. The molecule has 2 aromatic rings. The van der Waals surface area contributed by atoms with E-state index in [9.17, 15) is 19.7 Å². The highest BCUT2D eigenvalue weighted by atomic mass is 16.6. The number of carboxylic acid groups (broad SMARTS) is 1. The van der Waals surface area contributed by atoms with Crippen molar-refractivity contribution in [3.8, 4) is 0 Å². The van der Waals surface area contributed by atoms with Crippen molar-refractivity contribution in [2.45, 2.75) is 0 Å². The zero-order chi connectivity index (χ0) is 16.5. The lowest BCUT2D eigenvalue weighted by Crippen LogP contribution is -2.00. The number of ketones is 1. The van der Waals surface area contributed by atoms with Crippen LogP contribution in [0.2, 0.25) is 0 Å². The first-order valence-electron chi connectivity index (χ1n) is 6.15. The van der Waals surface area contributed by atoms with E-state index in [-0.39, 0.29) is 11.5 Å². The van der Waals surface area contributed by atoms with E-state index in [1.54, 1.807) is 24.3 Å². The van der Waals surface area contributed by atoms with Gasteiger partial charge < -0.3 is 5.11 Å². The molecule has 6 heteroatoms. The molecule has 2 rings (SSSR count). The Morgan fingerprint density at radius 1 is 1.00 bits per heavy atom. The van der Waals surface area contributed by atoms with Gasteiger partial charge in [-0.3, -0.25) is 14.9 Å². The van der Waals surface area contributed by atoms with Crippen LogP contribution in [-0.2, 0) is 4.79 Å². The minimum Gasteiger partial charge on any atom is -0.478 e. The van der Waals surface area contributed by atoms with Crippen molar-refractivity contribution in [2.24, 2.45) is 0 Å². The minimum absolute atomic E-state index is 0.0189. The maximum absolute atomic E-state index is 12.0. The number of nitro benzene ring substituents is 1. The summed E-state index contributed by atoms with van der Waals surface area (Å²) in [5.74, 6) is -1.12. The molecule has 0 amide bonds. The maximum Gasteiger partial charge on any atom is 0.327 e. The van der Waals surface area contributed by atoms with Gasteiger partial charge in [-0.25, -0.2) is 4.79 Å². The fraction of sp³-hybridized carbons (Fsp3) is 0. The molecule has 0 heterocycles. The second kappa shape index (κ2) is 8.11. The van der Waals surface area contributed by atoms with Crippen LogP contribution in [0.25, 0.3) is 0 Å². The van der Waals surface area contributed by atoms with Crippen molar-refractivity contribution < 1.29 is 19.6 Å². The summed E-state index contributed by atoms with van der Waals surface area (Å²) in [5, 5.41) is 18.1. The Hall–Kier alpha value is -3.28. The lowest BCUT2D eigenvalue weighted by atomic mass is 10.0. The third kappa shape index (κ3) is 5.01. The Balaban J connectivity index is 0.000000422. The molecule has 0 aliphatic carbocycles. The van der Waals surface area contributed by atoms with Gasteiger partial charge in [-0.05, 0) is 12.1 Å². The third-order valence-electron chi connectivity index (χ3n) is 2.55. The van der Waals surface area contributed by atoms with Crippen LogP contribution in [0.15, 0.2) is 67.3 Å². The predicted octanol–water partition coefficient (Wildman–Crippen LogP) is 3.08. The first-order chi connectivity index (χ1) is 10.5. The molecule has 0 saturated heterocycles. The number of carbonyl (C=O) groups is 2. The molecule has 6 nitrogen and oxygen atoms in total. The lowest BCUT2D eigenvalue weighted by molar-refractivity contribution is -0.384. The number of carboxylic acids is 1. The number of rotatable bonds is 4. The van der Waals surface area contributed by atoms with Crippen LogP contribution in [0.5, 0.6) is 0 Å². The first kappa shape index (κ1) is 16.8. The summed E-state index contributed by atoms with van der Waals surface area (Å²) < 4.78 is 0. The molecule has 0 saturated carbocycles. The molecule has 22 heavy (non-hydrogen) atoms. The van der Waals surface area contributed by atoms with E-state index in [1.807, 2.05) is 6.07 Å². The van der Waals surface area contributed by atoms with Gasteiger partial charge in [-0.15, -0.1) is 0 Å². The topological polar surface area (TPSA) is 97.5 Å². The molecular weight excluding hydrogens is 286 g/mol. The normalized spacial score (nSPS) is 9.09. The zero-order valence-electron chi connectivity index (χ0n) is 11.5. The summed E-state index contributed by atoms with van der Waals surface area (Å²) in [6.45, 7) is 2.96. The molecule has 0 aromatic heterocycles. The highest BCUT2D eigenvalue weighted by Gasteiger charge is 2.10. The van der Waals surface area contributed by atoms with E-state index in [4.69, 9.17) is 5.11 Å². The van der Waals surface area contributed by atoms with Gasteiger partial charge in [0.2, 0.25) is 0 Å². The summed E-state index contributed by atoms with van der Waals surface area (Å²) in [4.78, 5) is 31.2. The monoisotopic (exact) mass is 299 g/mol. The smallest absolute Gasteiger partial charge is 0.327 e. The van der Waals surface area contributed by atoms with Gasteiger partial charge in [-0.2, -0.15) is 0 Å². The molecule has 0 aliphatic rings. The molecule has 0 aliphatic heterocycles. The summed E-state index contributed by atoms with van der Waals surface area (Å²) in [6.07, 6.45) is 0.833. The molecule has 112 valence electrons. The van der Waals surface area contributed by atoms with Crippen molar-refractivity contribution in [3.63, 3.8) is 0 Å². The van der Waals surface area contributed by atoms with Crippen molar-refractivity contribution in [1.29, 1.82) is 0 Å². The molecule has 2 aromatic carbocycles. The van der Waals surface area contributed by atoms with E-state index in [2.05, 4.69) is 6.58 Å². The Bertz CT molecular complexity index is 677. The highest BCUT2D eigenvalue weighted by Crippen LogP contribution is 2.15. The number of nitro groups is 1. The number of non-ortho nitro benzene ring substituents is 1. The van der Waals surface area contributed by atoms with Gasteiger partial charge >= 0.3 is 5.97 Å². The van der Waals surface area contributed by atoms with E-state index in [0.29, 0.717) is 11.1 Å². The van der Waals surface area contributed by atoms with E-state index >= 15 is 0 Å². The molecule has 0 bridgehead atoms. The van der Waals surface area contributed by atoms with E-state index in [0.717, 1.165) is 6.08 Å². The van der Waals surface area contributed by atoms with Crippen molar-refractivity contribution in [3.05, 3.63) is 88.5 Å². The van der Waals surface area contributed by atoms with Crippen LogP contribution >= 0.6 is 0 Å². The number of hydrogen-bond donors (Lipinski definition) is 1. The lowest BCUT2D eigenvalue weighted by Gasteiger charge is -2.00. The zero-order valence-corrected chi connectivity index (χ0v) is 11.5. The number of aliphatic carboxylic acids is 1. The van der Waals surface area contributed by atoms with Crippen molar-refractivity contribution in [1.82, 2.24) is 0 Å². The van der Waals surface area contributed by atoms with Crippen LogP contribution < -0.4 is 0 Å². The van der Waals surface area contributed by atoms with Gasteiger partial charge in [0.1, 0.15) is 0 Å². The number of carbonyl (C=O) groups excluding carboxylic acids is 1. The molecule has 0 spiro atoms. The fourth-order valence-electron chi connectivity index (χ4n) is 1.49. The van der Waals surface area contributed by atoms with Crippen LogP contribution in [-0.4, -0.2) is 21.8 Å². The van der Waals surface area contributed by atoms with Gasteiger partial charge in [0.25, 0.3) is 5.69 Å². The summed E-state index contributed by atoms with van der Waals surface area (Å²) in [6, 6.07) is 14.4.